The van der Waals surface area contributed by atoms with E-state index in [1.807, 2.05) is 0 Å². The van der Waals surface area contributed by atoms with Crippen LogP contribution in [0.15, 0.2) is 12.2 Å². The van der Waals surface area contributed by atoms with Gasteiger partial charge in [0.1, 0.15) is 0 Å². The Morgan fingerprint density at radius 3 is 1.79 bits per heavy atom. The van der Waals surface area contributed by atoms with Gasteiger partial charge in [0, 0.05) is 0 Å². The SMILES string of the molecule is [B]C1C([B])C2CC1C1C3C=CC(C3)C21. The first-order valence-electron chi connectivity index (χ1n) is 5.97. The summed E-state index contributed by atoms with van der Waals surface area (Å²) in [5.41, 5.74) is 0. The Balaban J connectivity index is 1.78. The zero-order valence-electron chi connectivity index (χ0n) is 8.34. The van der Waals surface area contributed by atoms with Crippen LogP contribution in [-0.4, -0.2) is 15.7 Å². The molecule has 4 rings (SSSR count). The van der Waals surface area contributed by atoms with Crippen LogP contribution in [0, 0.1) is 35.5 Å². The fourth-order valence-electron chi connectivity index (χ4n) is 5.13. The van der Waals surface area contributed by atoms with Gasteiger partial charge in [-0.05, 0) is 48.3 Å². The highest BCUT2D eigenvalue weighted by Gasteiger charge is 2.61. The first kappa shape index (κ1) is 8.07. The van der Waals surface area contributed by atoms with Crippen molar-refractivity contribution in [2.75, 3.05) is 0 Å². The van der Waals surface area contributed by atoms with Crippen molar-refractivity contribution in [1.29, 1.82) is 0 Å². The van der Waals surface area contributed by atoms with E-state index in [0.717, 1.165) is 35.5 Å². The monoisotopic (exact) mass is 180 g/mol. The lowest BCUT2D eigenvalue weighted by Gasteiger charge is -2.39. The number of fused-ring (bicyclic) bond motifs is 9. The molecule has 0 spiro atoms. The molecule has 0 aromatic rings. The van der Waals surface area contributed by atoms with Gasteiger partial charge in [0.25, 0.3) is 0 Å². The van der Waals surface area contributed by atoms with E-state index in [2.05, 4.69) is 12.2 Å². The summed E-state index contributed by atoms with van der Waals surface area (Å²) in [6.07, 6.45) is 7.63. The fraction of sp³-hybridized carbons (Fsp3) is 0.833. The van der Waals surface area contributed by atoms with Gasteiger partial charge in [-0.15, -0.1) is 0 Å². The van der Waals surface area contributed by atoms with Crippen molar-refractivity contribution in [2.24, 2.45) is 35.5 Å². The molecule has 2 heteroatoms. The summed E-state index contributed by atoms with van der Waals surface area (Å²) in [6, 6.07) is 0. The number of hydrogen-bond acceptors (Lipinski definition) is 0. The first-order chi connectivity index (χ1) is 6.77. The van der Waals surface area contributed by atoms with Gasteiger partial charge >= 0.3 is 0 Å². The average Bonchev–Trinajstić information content (AvgIpc) is 2.87. The van der Waals surface area contributed by atoms with Gasteiger partial charge in [0.15, 0.2) is 0 Å². The van der Waals surface area contributed by atoms with Crippen LogP contribution in [0.25, 0.3) is 0 Å². The van der Waals surface area contributed by atoms with Crippen molar-refractivity contribution in [3.63, 3.8) is 0 Å². The molecule has 14 heavy (non-hydrogen) atoms. The lowest BCUT2D eigenvalue weighted by Crippen LogP contribution is -2.32. The predicted octanol–water partition coefficient (Wildman–Crippen LogP) is 1.99. The molecular formula is C12H14B2. The molecule has 0 aromatic carbocycles. The molecule has 0 aliphatic heterocycles. The van der Waals surface area contributed by atoms with Crippen LogP contribution in [0.3, 0.4) is 0 Å². The van der Waals surface area contributed by atoms with E-state index in [1.54, 1.807) is 0 Å². The molecule has 0 amide bonds. The van der Waals surface area contributed by atoms with Gasteiger partial charge in [0.2, 0.25) is 0 Å². The first-order valence-corrected chi connectivity index (χ1v) is 5.97. The van der Waals surface area contributed by atoms with Crippen LogP contribution >= 0.6 is 0 Å². The Morgan fingerprint density at radius 2 is 1.29 bits per heavy atom. The maximum atomic E-state index is 6.20. The molecule has 3 fully saturated rings. The third-order valence-electron chi connectivity index (χ3n) is 5.55. The summed E-state index contributed by atoms with van der Waals surface area (Å²) >= 11 is 0. The Hall–Kier alpha value is -0.130. The molecule has 4 aliphatic rings. The van der Waals surface area contributed by atoms with E-state index in [-0.39, 0.29) is 0 Å². The normalized spacial score (nSPS) is 67.7. The van der Waals surface area contributed by atoms with Crippen LogP contribution in [-0.2, 0) is 0 Å². The largest absolute Gasteiger partial charge is 0.0848 e. The summed E-state index contributed by atoms with van der Waals surface area (Å²) in [6.45, 7) is 0. The summed E-state index contributed by atoms with van der Waals surface area (Å²) in [7, 11) is 12.4. The molecule has 8 unspecified atom stereocenters. The van der Waals surface area contributed by atoms with Gasteiger partial charge < -0.3 is 0 Å². The second-order valence-electron chi connectivity index (χ2n) is 5.82. The maximum Gasteiger partial charge on any atom is 0.0697 e. The Kier molecular flexibility index (Phi) is 1.35. The van der Waals surface area contributed by atoms with Gasteiger partial charge in [-0.1, -0.05) is 23.8 Å². The lowest BCUT2D eigenvalue weighted by atomic mass is 9.53. The third-order valence-corrected chi connectivity index (χ3v) is 5.55. The Bertz CT molecular complexity index is 283. The molecule has 0 aromatic heterocycles. The smallest absolute Gasteiger partial charge is 0.0697 e. The predicted molar refractivity (Wildman–Crippen MR) is 58.3 cm³/mol. The van der Waals surface area contributed by atoms with Crippen molar-refractivity contribution in [1.82, 2.24) is 0 Å². The van der Waals surface area contributed by atoms with Crippen molar-refractivity contribution in [3.8, 4) is 0 Å². The van der Waals surface area contributed by atoms with E-state index >= 15 is 0 Å². The molecule has 8 atom stereocenters. The number of rotatable bonds is 0. The molecule has 3 saturated carbocycles. The van der Waals surface area contributed by atoms with Crippen LogP contribution in [0.2, 0.25) is 11.6 Å². The van der Waals surface area contributed by atoms with Crippen molar-refractivity contribution in [2.45, 2.75) is 24.5 Å². The minimum atomic E-state index is 0.300. The van der Waals surface area contributed by atoms with Crippen LogP contribution < -0.4 is 0 Å². The summed E-state index contributed by atoms with van der Waals surface area (Å²) in [5.74, 6) is 5.63. The molecule has 0 saturated heterocycles. The molecular weight excluding hydrogens is 166 g/mol. The van der Waals surface area contributed by atoms with Gasteiger partial charge in [-0.2, -0.15) is 0 Å². The molecule has 0 N–H and O–H groups in total. The zero-order valence-corrected chi connectivity index (χ0v) is 8.34. The molecule has 4 bridgehead atoms. The Morgan fingerprint density at radius 1 is 0.786 bits per heavy atom. The maximum absolute atomic E-state index is 6.20. The van der Waals surface area contributed by atoms with E-state index < -0.39 is 0 Å². The molecule has 0 heterocycles. The highest BCUT2D eigenvalue weighted by Crippen LogP contribution is 2.70. The van der Waals surface area contributed by atoms with Gasteiger partial charge in [-0.25, -0.2) is 0 Å². The van der Waals surface area contributed by atoms with E-state index in [1.165, 1.54) is 12.8 Å². The molecule has 0 nitrogen and oxygen atoms in total. The van der Waals surface area contributed by atoms with E-state index in [0.29, 0.717) is 11.6 Å². The highest BCUT2D eigenvalue weighted by molar-refractivity contribution is 6.22. The quantitative estimate of drug-likeness (QED) is 0.303. The lowest BCUT2D eigenvalue weighted by molar-refractivity contribution is 0.207. The number of hydrogen-bond donors (Lipinski definition) is 0. The van der Waals surface area contributed by atoms with Crippen LogP contribution in [0.1, 0.15) is 12.8 Å². The summed E-state index contributed by atoms with van der Waals surface area (Å²) in [5, 5.41) is 0. The third kappa shape index (κ3) is 0.697. The average molecular weight is 180 g/mol. The molecule has 4 aliphatic carbocycles. The summed E-state index contributed by atoms with van der Waals surface area (Å²) < 4.78 is 0. The van der Waals surface area contributed by atoms with Crippen molar-refractivity contribution in [3.05, 3.63) is 12.2 Å². The van der Waals surface area contributed by atoms with Gasteiger partial charge in [-0.3, -0.25) is 0 Å². The second kappa shape index (κ2) is 2.33. The van der Waals surface area contributed by atoms with E-state index in [4.69, 9.17) is 15.7 Å². The fourth-order valence-corrected chi connectivity index (χ4v) is 5.13. The van der Waals surface area contributed by atoms with E-state index in [9.17, 15) is 0 Å². The standard InChI is InChI=1S/C12H14B2/c13-11-7-4-8(12(11)14)10-6-2-1-5(3-6)9(7)10/h1-2,5-12H,3-4H2. The van der Waals surface area contributed by atoms with Crippen molar-refractivity contribution < 1.29 is 0 Å². The second-order valence-corrected chi connectivity index (χ2v) is 5.82. The summed E-state index contributed by atoms with van der Waals surface area (Å²) in [4.78, 5) is 0. The minimum absolute atomic E-state index is 0.300. The zero-order chi connectivity index (χ0) is 9.45. The highest BCUT2D eigenvalue weighted by atomic mass is 14.6. The van der Waals surface area contributed by atoms with Crippen LogP contribution in [0.5, 0.6) is 0 Å². The molecule has 4 radical (unpaired) electrons. The van der Waals surface area contributed by atoms with Crippen LogP contribution in [0.4, 0.5) is 0 Å². The number of allylic oxidation sites excluding steroid dienone is 2. The minimum Gasteiger partial charge on any atom is -0.0848 e. The molecule has 68 valence electrons. The van der Waals surface area contributed by atoms with Gasteiger partial charge in [0.05, 0.1) is 15.7 Å². The van der Waals surface area contributed by atoms with Crippen molar-refractivity contribution >= 4 is 15.7 Å². The topological polar surface area (TPSA) is 0 Å². The Labute approximate surface area is 88.3 Å².